The standard InChI is InChI=1S/C14H10BrClF3NO4S/c1-23-11-4-3-9(16)7-10(11)20-25(21,22)13-5-2-8(15)6-12(13)24-14(17,18)19/h2-7,20H,1H3. The lowest BCUT2D eigenvalue weighted by molar-refractivity contribution is -0.275. The Hall–Kier alpha value is -1.65. The van der Waals surface area contributed by atoms with Crippen LogP contribution in [0.3, 0.4) is 0 Å². The van der Waals surface area contributed by atoms with E-state index in [0.29, 0.717) is 0 Å². The highest BCUT2D eigenvalue weighted by molar-refractivity contribution is 9.10. The van der Waals surface area contributed by atoms with Gasteiger partial charge in [0.1, 0.15) is 10.6 Å². The summed E-state index contributed by atoms with van der Waals surface area (Å²) in [5.74, 6) is -0.737. The molecule has 0 saturated carbocycles. The van der Waals surface area contributed by atoms with Gasteiger partial charge in [-0.25, -0.2) is 8.42 Å². The number of hydrogen-bond acceptors (Lipinski definition) is 4. The van der Waals surface area contributed by atoms with Crippen LogP contribution in [0.1, 0.15) is 0 Å². The molecule has 0 fully saturated rings. The zero-order valence-electron chi connectivity index (χ0n) is 12.4. The van der Waals surface area contributed by atoms with Gasteiger partial charge in [-0.05, 0) is 36.4 Å². The number of sulfonamides is 1. The Balaban J connectivity index is 2.49. The number of halogens is 5. The highest BCUT2D eigenvalue weighted by Gasteiger charge is 2.34. The smallest absolute Gasteiger partial charge is 0.495 e. The largest absolute Gasteiger partial charge is 0.573 e. The molecule has 25 heavy (non-hydrogen) atoms. The van der Waals surface area contributed by atoms with Gasteiger partial charge in [-0.2, -0.15) is 0 Å². The Morgan fingerprint density at radius 2 is 1.80 bits per heavy atom. The highest BCUT2D eigenvalue weighted by Crippen LogP contribution is 2.35. The van der Waals surface area contributed by atoms with Gasteiger partial charge in [0, 0.05) is 9.50 Å². The van der Waals surface area contributed by atoms with E-state index in [1.807, 2.05) is 0 Å². The Bertz CT molecular complexity index is 890. The summed E-state index contributed by atoms with van der Waals surface area (Å²) in [6, 6.07) is 7.29. The molecule has 0 saturated heterocycles. The van der Waals surface area contributed by atoms with Gasteiger partial charge in [-0.1, -0.05) is 27.5 Å². The quantitative estimate of drug-likeness (QED) is 0.695. The summed E-state index contributed by atoms with van der Waals surface area (Å²) in [5, 5.41) is 0.209. The first-order valence-corrected chi connectivity index (χ1v) is 9.09. The fraction of sp³-hybridized carbons (Fsp3) is 0.143. The van der Waals surface area contributed by atoms with E-state index in [-0.39, 0.29) is 20.9 Å². The Morgan fingerprint density at radius 3 is 2.40 bits per heavy atom. The summed E-state index contributed by atoms with van der Waals surface area (Å²) < 4.78 is 73.9. The average Bonchev–Trinajstić information content (AvgIpc) is 2.45. The Morgan fingerprint density at radius 1 is 1.12 bits per heavy atom. The van der Waals surface area contributed by atoms with E-state index >= 15 is 0 Å². The SMILES string of the molecule is COc1ccc(Cl)cc1NS(=O)(=O)c1ccc(Br)cc1OC(F)(F)F. The monoisotopic (exact) mass is 459 g/mol. The lowest BCUT2D eigenvalue weighted by Gasteiger charge is -2.16. The molecule has 0 amide bonds. The lowest BCUT2D eigenvalue weighted by atomic mass is 10.3. The van der Waals surface area contributed by atoms with Crippen LogP contribution in [0.25, 0.3) is 0 Å². The summed E-state index contributed by atoms with van der Waals surface area (Å²) in [4.78, 5) is -0.699. The molecular weight excluding hydrogens is 451 g/mol. The number of methoxy groups -OCH3 is 1. The third-order valence-corrected chi connectivity index (χ3v) is 4.96. The van der Waals surface area contributed by atoms with Crippen LogP contribution in [0.2, 0.25) is 5.02 Å². The molecule has 0 aromatic heterocycles. The minimum absolute atomic E-state index is 0.0316. The van der Waals surface area contributed by atoms with Crippen molar-refractivity contribution in [2.24, 2.45) is 0 Å². The van der Waals surface area contributed by atoms with Crippen LogP contribution in [-0.2, 0) is 10.0 Å². The molecular formula is C14H10BrClF3NO4S. The maximum absolute atomic E-state index is 12.5. The molecule has 1 N–H and O–H groups in total. The van der Waals surface area contributed by atoms with E-state index in [0.717, 1.165) is 12.1 Å². The van der Waals surface area contributed by atoms with E-state index in [9.17, 15) is 21.6 Å². The van der Waals surface area contributed by atoms with E-state index < -0.39 is 27.0 Å². The molecule has 5 nitrogen and oxygen atoms in total. The van der Waals surface area contributed by atoms with Crippen LogP contribution in [0.5, 0.6) is 11.5 Å². The van der Waals surface area contributed by atoms with Crippen LogP contribution < -0.4 is 14.2 Å². The fourth-order valence-electron chi connectivity index (χ4n) is 1.87. The second-order valence-electron chi connectivity index (χ2n) is 4.59. The lowest BCUT2D eigenvalue weighted by Crippen LogP contribution is -2.21. The maximum atomic E-state index is 12.5. The number of hydrogen-bond donors (Lipinski definition) is 1. The minimum atomic E-state index is -5.06. The first-order chi connectivity index (χ1) is 11.5. The van der Waals surface area contributed by atoms with Crippen molar-refractivity contribution in [3.63, 3.8) is 0 Å². The van der Waals surface area contributed by atoms with Gasteiger partial charge in [0.15, 0.2) is 5.75 Å². The van der Waals surface area contributed by atoms with Gasteiger partial charge in [0.05, 0.1) is 12.8 Å². The van der Waals surface area contributed by atoms with Crippen LogP contribution in [0, 0.1) is 0 Å². The second kappa shape index (κ2) is 7.30. The van der Waals surface area contributed by atoms with Crippen molar-refractivity contribution in [2.75, 3.05) is 11.8 Å². The van der Waals surface area contributed by atoms with Crippen molar-refractivity contribution in [2.45, 2.75) is 11.3 Å². The van der Waals surface area contributed by atoms with Crippen molar-refractivity contribution < 1.29 is 31.1 Å². The molecule has 11 heteroatoms. The van der Waals surface area contributed by atoms with E-state index in [1.165, 1.54) is 31.4 Å². The normalized spacial score (nSPS) is 11.9. The van der Waals surface area contributed by atoms with Gasteiger partial charge in [0.25, 0.3) is 10.0 Å². The van der Waals surface area contributed by atoms with Crippen molar-refractivity contribution >= 4 is 43.2 Å². The van der Waals surface area contributed by atoms with Crippen molar-refractivity contribution in [1.82, 2.24) is 0 Å². The number of benzene rings is 2. The molecule has 0 radical (unpaired) electrons. The molecule has 0 aliphatic rings. The van der Waals surface area contributed by atoms with Crippen molar-refractivity contribution in [1.29, 1.82) is 0 Å². The molecule has 0 aliphatic heterocycles. The van der Waals surface area contributed by atoms with Crippen LogP contribution in [0.15, 0.2) is 45.8 Å². The summed E-state index contributed by atoms with van der Waals surface area (Å²) in [5.41, 5.74) is -0.0316. The van der Waals surface area contributed by atoms with Crippen LogP contribution in [0.4, 0.5) is 18.9 Å². The maximum Gasteiger partial charge on any atom is 0.573 e. The van der Waals surface area contributed by atoms with Crippen LogP contribution >= 0.6 is 27.5 Å². The van der Waals surface area contributed by atoms with E-state index in [2.05, 4.69) is 25.4 Å². The van der Waals surface area contributed by atoms with Gasteiger partial charge in [-0.15, -0.1) is 13.2 Å². The topological polar surface area (TPSA) is 64.6 Å². The highest BCUT2D eigenvalue weighted by atomic mass is 79.9. The van der Waals surface area contributed by atoms with Crippen molar-refractivity contribution in [3.8, 4) is 11.5 Å². The van der Waals surface area contributed by atoms with Gasteiger partial charge in [0.2, 0.25) is 0 Å². The zero-order valence-corrected chi connectivity index (χ0v) is 15.6. The Labute approximate surface area is 154 Å². The average molecular weight is 461 g/mol. The second-order valence-corrected chi connectivity index (χ2v) is 7.59. The van der Waals surface area contributed by atoms with Gasteiger partial charge < -0.3 is 9.47 Å². The molecule has 0 bridgehead atoms. The molecule has 0 unspecified atom stereocenters. The van der Waals surface area contributed by atoms with Crippen LogP contribution in [-0.4, -0.2) is 21.9 Å². The van der Waals surface area contributed by atoms with E-state index in [4.69, 9.17) is 16.3 Å². The summed E-state index contributed by atoms with van der Waals surface area (Å²) in [6.07, 6.45) is -5.06. The summed E-state index contributed by atoms with van der Waals surface area (Å²) >= 11 is 8.79. The molecule has 2 aromatic rings. The minimum Gasteiger partial charge on any atom is -0.495 e. The predicted molar refractivity (Wildman–Crippen MR) is 89.6 cm³/mol. The van der Waals surface area contributed by atoms with E-state index in [1.54, 1.807) is 0 Å². The summed E-state index contributed by atoms with van der Waals surface area (Å²) in [7, 11) is -3.11. The number of anilines is 1. The number of ether oxygens (including phenoxy) is 2. The van der Waals surface area contributed by atoms with Gasteiger partial charge >= 0.3 is 6.36 Å². The molecule has 0 atom stereocenters. The third-order valence-electron chi connectivity index (χ3n) is 2.83. The number of alkyl halides is 3. The molecule has 0 heterocycles. The first-order valence-electron chi connectivity index (χ1n) is 6.43. The molecule has 2 aromatic carbocycles. The number of rotatable bonds is 5. The van der Waals surface area contributed by atoms with Gasteiger partial charge in [-0.3, -0.25) is 4.72 Å². The molecule has 136 valence electrons. The molecule has 0 spiro atoms. The number of nitrogens with one attached hydrogen (secondary N) is 1. The third kappa shape index (κ3) is 5.16. The summed E-state index contributed by atoms with van der Waals surface area (Å²) in [6.45, 7) is 0. The first kappa shape index (κ1) is 19.7. The zero-order chi connectivity index (χ0) is 18.8. The predicted octanol–water partition coefficient (Wildman–Crippen LogP) is 4.81. The Kier molecular flexibility index (Phi) is 5.75. The molecule has 0 aliphatic carbocycles. The fourth-order valence-corrected chi connectivity index (χ4v) is 3.55. The van der Waals surface area contributed by atoms with Crippen molar-refractivity contribution in [3.05, 3.63) is 45.9 Å². The molecule has 2 rings (SSSR count).